The molecule has 0 aromatic heterocycles. The van der Waals surface area contributed by atoms with E-state index in [2.05, 4.69) is 11.9 Å². The summed E-state index contributed by atoms with van der Waals surface area (Å²) in [6, 6.07) is 14.6. The van der Waals surface area contributed by atoms with Crippen molar-refractivity contribution in [2.24, 2.45) is 0 Å². The van der Waals surface area contributed by atoms with Gasteiger partial charge in [0.15, 0.2) is 0 Å². The lowest BCUT2D eigenvalue weighted by molar-refractivity contribution is -0.115. The van der Waals surface area contributed by atoms with E-state index in [1.807, 2.05) is 43.3 Å². The van der Waals surface area contributed by atoms with Crippen LogP contribution in [0.4, 0.5) is 5.69 Å². The van der Waals surface area contributed by atoms with Crippen LogP contribution in [-0.2, 0) is 11.2 Å². The fraction of sp³-hybridized carbons (Fsp3) is 0.167. The third-order valence-electron chi connectivity index (χ3n) is 2.91. The van der Waals surface area contributed by atoms with Gasteiger partial charge >= 0.3 is 0 Å². The third-order valence-corrected chi connectivity index (χ3v) is 3.17. The van der Waals surface area contributed by atoms with Crippen LogP contribution in [-0.4, -0.2) is 12.5 Å². The van der Waals surface area contributed by atoms with Crippen LogP contribution in [0.5, 0.6) is 5.75 Å². The van der Waals surface area contributed by atoms with E-state index >= 15 is 0 Å². The lowest BCUT2D eigenvalue weighted by Crippen LogP contribution is -2.15. The topological polar surface area (TPSA) is 38.3 Å². The zero-order valence-corrected chi connectivity index (χ0v) is 13.2. The molecule has 2 rings (SSSR count). The minimum atomic E-state index is -0.103. The second-order valence-corrected chi connectivity index (χ2v) is 5.53. The standard InChI is InChI=1S/C18H18ClNO2/c1-13(2)12-22-17-6-4-3-5-16(17)20-18(21)11-14-7-9-15(19)10-8-14/h3-10H,1,11-12H2,2H3,(H,20,21). The van der Waals surface area contributed by atoms with Gasteiger partial charge in [-0.3, -0.25) is 4.79 Å². The van der Waals surface area contributed by atoms with Gasteiger partial charge in [0.05, 0.1) is 12.1 Å². The van der Waals surface area contributed by atoms with Gasteiger partial charge < -0.3 is 10.1 Å². The van der Waals surface area contributed by atoms with Gasteiger partial charge in [-0.05, 0) is 42.3 Å². The normalized spacial score (nSPS) is 10.1. The van der Waals surface area contributed by atoms with Crippen molar-refractivity contribution in [3.8, 4) is 5.75 Å². The van der Waals surface area contributed by atoms with Crippen molar-refractivity contribution < 1.29 is 9.53 Å². The van der Waals surface area contributed by atoms with Crippen LogP contribution in [0.25, 0.3) is 0 Å². The summed E-state index contributed by atoms with van der Waals surface area (Å²) in [7, 11) is 0. The summed E-state index contributed by atoms with van der Waals surface area (Å²) >= 11 is 5.83. The minimum absolute atomic E-state index is 0.103. The molecular weight excluding hydrogens is 298 g/mol. The molecule has 0 heterocycles. The average Bonchev–Trinajstić information content (AvgIpc) is 2.48. The monoisotopic (exact) mass is 315 g/mol. The molecule has 2 aromatic rings. The number of halogens is 1. The van der Waals surface area contributed by atoms with Crippen LogP contribution in [0.15, 0.2) is 60.7 Å². The molecule has 0 fully saturated rings. The van der Waals surface area contributed by atoms with E-state index in [4.69, 9.17) is 16.3 Å². The van der Waals surface area contributed by atoms with Gasteiger partial charge in [-0.15, -0.1) is 0 Å². The van der Waals surface area contributed by atoms with Crippen molar-refractivity contribution in [3.63, 3.8) is 0 Å². The second-order valence-electron chi connectivity index (χ2n) is 5.09. The molecule has 2 aromatic carbocycles. The summed E-state index contributed by atoms with van der Waals surface area (Å²) in [5, 5.41) is 3.53. The highest BCUT2D eigenvalue weighted by Crippen LogP contribution is 2.24. The van der Waals surface area contributed by atoms with Crippen molar-refractivity contribution in [2.45, 2.75) is 13.3 Å². The van der Waals surface area contributed by atoms with Gasteiger partial charge in [-0.25, -0.2) is 0 Å². The van der Waals surface area contributed by atoms with Gasteiger partial charge in [-0.2, -0.15) is 0 Å². The van der Waals surface area contributed by atoms with Crippen LogP contribution in [0.2, 0.25) is 5.02 Å². The van der Waals surface area contributed by atoms with Crippen LogP contribution in [0.1, 0.15) is 12.5 Å². The van der Waals surface area contributed by atoms with E-state index in [0.29, 0.717) is 23.1 Å². The summed E-state index contributed by atoms with van der Waals surface area (Å²) in [5.41, 5.74) is 2.48. The van der Waals surface area contributed by atoms with Crippen molar-refractivity contribution in [3.05, 3.63) is 71.3 Å². The van der Waals surface area contributed by atoms with E-state index in [1.54, 1.807) is 12.1 Å². The van der Waals surface area contributed by atoms with E-state index < -0.39 is 0 Å². The van der Waals surface area contributed by atoms with Crippen LogP contribution in [0.3, 0.4) is 0 Å². The Morgan fingerprint density at radius 2 is 1.86 bits per heavy atom. The number of nitrogens with one attached hydrogen (secondary N) is 1. The lowest BCUT2D eigenvalue weighted by Gasteiger charge is -2.12. The lowest BCUT2D eigenvalue weighted by atomic mass is 10.1. The summed E-state index contributed by atoms with van der Waals surface area (Å²) in [6.07, 6.45) is 0.284. The van der Waals surface area contributed by atoms with Crippen molar-refractivity contribution in [1.29, 1.82) is 0 Å². The number of anilines is 1. The molecule has 0 spiro atoms. The molecule has 0 saturated heterocycles. The highest BCUT2D eigenvalue weighted by molar-refractivity contribution is 6.30. The van der Waals surface area contributed by atoms with Crippen molar-refractivity contribution in [1.82, 2.24) is 0 Å². The predicted molar refractivity (Wildman–Crippen MR) is 90.5 cm³/mol. The molecule has 4 heteroatoms. The Bertz CT molecular complexity index is 665. The molecule has 3 nitrogen and oxygen atoms in total. The summed E-state index contributed by atoms with van der Waals surface area (Å²) in [5.74, 6) is 0.531. The number of ether oxygens (including phenoxy) is 1. The molecule has 0 aliphatic rings. The summed E-state index contributed by atoms with van der Waals surface area (Å²) in [6.45, 7) is 6.11. The maximum absolute atomic E-state index is 12.1. The van der Waals surface area contributed by atoms with E-state index in [-0.39, 0.29) is 12.3 Å². The third kappa shape index (κ3) is 4.93. The number of rotatable bonds is 6. The molecule has 0 radical (unpaired) electrons. The zero-order chi connectivity index (χ0) is 15.9. The molecule has 0 aliphatic carbocycles. The zero-order valence-electron chi connectivity index (χ0n) is 12.4. The number of hydrogen-bond donors (Lipinski definition) is 1. The van der Waals surface area contributed by atoms with Crippen molar-refractivity contribution in [2.75, 3.05) is 11.9 Å². The van der Waals surface area contributed by atoms with E-state index in [9.17, 15) is 4.79 Å². The Balaban J connectivity index is 2.01. The van der Waals surface area contributed by atoms with Gasteiger partial charge in [0, 0.05) is 5.02 Å². The molecule has 0 atom stereocenters. The van der Waals surface area contributed by atoms with Gasteiger partial charge in [0.25, 0.3) is 0 Å². The average molecular weight is 316 g/mol. The Morgan fingerprint density at radius 1 is 1.18 bits per heavy atom. The second kappa shape index (κ2) is 7.66. The molecule has 22 heavy (non-hydrogen) atoms. The summed E-state index contributed by atoms with van der Waals surface area (Å²) < 4.78 is 5.63. The molecule has 0 unspecified atom stereocenters. The first kappa shape index (κ1) is 16.1. The number of benzene rings is 2. The Kier molecular flexibility index (Phi) is 5.61. The van der Waals surface area contributed by atoms with Gasteiger partial charge in [0.1, 0.15) is 12.4 Å². The van der Waals surface area contributed by atoms with Crippen LogP contribution < -0.4 is 10.1 Å². The smallest absolute Gasteiger partial charge is 0.228 e. The van der Waals surface area contributed by atoms with E-state index in [1.165, 1.54) is 0 Å². The SMILES string of the molecule is C=C(C)COc1ccccc1NC(=O)Cc1ccc(Cl)cc1. The number of amides is 1. The molecule has 1 amide bonds. The number of para-hydroxylation sites is 2. The molecule has 0 bridgehead atoms. The van der Waals surface area contributed by atoms with Crippen LogP contribution in [0, 0.1) is 0 Å². The quantitative estimate of drug-likeness (QED) is 0.798. The molecular formula is C18H18ClNO2. The molecule has 0 aliphatic heterocycles. The van der Waals surface area contributed by atoms with Crippen molar-refractivity contribution >= 4 is 23.2 Å². The minimum Gasteiger partial charge on any atom is -0.487 e. The fourth-order valence-electron chi connectivity index (χ4n) is 1.88. The Hall–Kier alpha value is -2.26. The first-order chi connectivity index (χ1) is 10.5. The Labute approximate surface area is 135 Å². The highest BCUT2D eigenvalue weighted by Gasteiger charge is 2.08. The van der Waals surface area contributed by atoms with E-state index in [0.717, 1.165) is 11.1 Å². The number of hydrogen-bond acceptors (Lipinski definition) is 2. The largest absolute Gasteiger partial charge is 0.487 e. The first-order valence-electron chi connectivity index (χ1n) is 6.95. The fourth-order valence-corrected chi connectivity index (χ4v) is 2.00. The summed E-state index contributed by atoms with van der Waals surface area (Å²) in [4.78, 5) is 12.1. The maximum atomic E-state index is 12.1. The molecule has 0 saturated carbocycles. The first-order valence-corrected chi connectivity index (χ1v) is 7.33. The van der Waals surface area contributed by atoms with Gasteiger partial charge in [0.2, 0.25) is 5.91 Å². The predicted octanol–water partition coefficient (Wildman–Crippen LogP) is 4.48. The molecule has 114 valence electrons. The molecule has 1 N–H and O–H groups in total. The number of carbonyl (C=O) groups is 1. The Morgan fingerprint density at radius 3 is 2.55 bits per heavy atom. The van der Waals surface area contributed by atoms with Gasteiger partial charge in [-0.1, -0.05) is 42.4 Å². The number of carbonyl (C=O) groups excluding carboxylic acids is 1. The maximum Gasteiger partial charge on any atom is 0.228 e. The highest BCUT2D eigenvalue weighted by atomic mass is 35.5. The van der Waals surface area contributed by atoms with Crippen LogP contribution >= 0.6 is 11.6 Å².